The molecule has 0 fully saturated rings. The lowest BCUT2D eigenvalue weighted by Crippen LogP contribution is -2.11. The van der Waals surface area contributed by atoms with Crippen LogP contribution in [0.4, 0.5) is 5.69 Å². The fourth-order valence-corrected chi connectivity index (χ4v) is 3.93. The Morgan fingerprint density at radius 3 is 2.63 bits per heavy atom. The highest BCUT2D eigenvalue weighted by atomic mass is 35.5. The van der Waals surface area contributed by atoms with Gasteiger partial charge in [0.25, 0.3) is 0 Å². The molecule has 0 saturated carbocycles. The van der Waals surface area contributed by atoms with Crippen LogP contribution >= 0.6 is 22.9 Å². The van der Waals surface area contributed by atoms with Crippen molar-refractivity contribution >= 4 is 45.8 Å². The second kappa shape index (κ2) is 8.10. The third kappa shape index (κ3) is 3.83. The molecule has 0 radical (unpaired) electrons. The smallest absolute Gasteiger partial charge is 0.211 e. The van der Waals surface area contributed by atoms with Crippen LogP contribution in [0.25, 0.3) is 22.4 Å². The van der Waals surface area contributed by atoms with E-state index in [2.05, 4.69) is 10.1 Å². The molecule has 0 unspecified atom stereocenters. The van der Waals surface area contributed by atoms with Crippen molar-refractivity contribution < 1.29 is 4.42 Å². The Morgan fingerprint density at radius 2 is 1.83 bits per heavy atom. The first-order chi connectivity index (χ1) is 14.8. The van der Waals surface area contributed by atoms with Gasteiger partial charge in [0, 0.05) is 22.0 Å². The standard InChI is InChI=1S/C23H15ClN4OS/c24-17-8-10-18(11-9-17)27-23-28(26-14-19-6-3-4-12-25-19)20(15-30-23)22-13-16-5-1-2-7-21(16)29-22/h1-15H. The van der Waals surface area contributed by atoms with Gasteiger partial charge in [-0.25, -0.2) is 9.67 Å². The molecule has 3 heterocycles. The number of benzene rings is 2. The van der Waals surface area contributed by atoms with E-state index in [4.69, 9.17) is 21.0 Å². The molecule has 0 amide bonds. The van der Waals surface area contributed by atoms with Crippen LogP contribution in [-0.4, -0.2) is 15.9 Å². The van der Waals surface area contributed by atoms with Gasteiger partial charge in [0.15, 0.2) is 5.76 Å². The number of para-hydroxylation sites is 1. The Morgan fingerprint density at radius 1 is 1.00 bits per heavy atom. The minimum absolute atomic E-state index is 0.671. The molecule has 0 aliphatic rings. The molecule has 3 aromatic heterocycles. The summed E-state index contributed by atoms with van der Waals surface area (Å²) in [6.07, 6.45) is 3.44. The molecule has 0 N–H and O–H groups in total. The van der Waals surface area contributed by atoms with Crippen LogP contribution in [0.3, 0.4) is 0 Å². The van der Waals surface area contributed by atoms with Crippen LogP contribution in [-0.2, 0) is 0 Å². The minimum atomic E-state index is 0.671. The van der Waals surface area contributed by atoms with Gasteiger partial charge < -0.3 is 4.42 Å². The number of pyridine rings is 1. The number of hydrogen-bond donors (Lipinski definition) is 0. The molecule has 0 atom stereocenters. The lowest BCUT2D eigenvalue weighted by atomic mass is 10.2. The molecule has 7 heteroatoms. The summed E-state index contributed by atoms with van der Waals surface area (Å²) in [6, 6.07) is 23.0. The number of hydrogen-bond acceptors (Lipinski definition) is 5. The molecule has 0 spiro atoms. The molecule has 5 rings (SSSR count). The average molecular weight is 431 g/mol. The maximum absolute atomic E-state index is 6.06. The van der Waals surface area contributed by atoms with Gasteiger partial charge in [-0.3, -0.25) is 4.98 Å². The summed E-state index contributed by atoms with van der Waals surface area (Å²) in [6.45, 7) is 0. The summed E-state index contributed by atoms with van der Waals surface area (Å²) in [5.41, 5.74) is 3.19. The van der Waals surface area contributed by atoms with Crippen LogP contribution in [0, 0.1) is 0 Å². The summed E-state index contributed by atoms with van der Waals surface area (Å²) in [4.78, 5) is 9.76. The fourth-order valence-electron chi connectivity index (χ4n) is 2.96. The highest BCUT2D eigenvalue weighted by molar-refractivity contribution is 7.07. The number of rotatable bonds is 4. The molecule has 0 aliphatic carbocycles. The monoisotopic (exact) mass is 430 g/mol. The van der Waals surface area contributed by atoms with E-state index in [9.17, 15) is 0 Å². The highest BCUT2D eigenvalue weighted by Crippen LogP contribution is 2.28. The summed E-state index contributed by atoms with van der Waals surface area (Å²) < 4.78 is 7.83. The number of nitrogens with zero attached hydrogens (tertiary/aromatic N) is 4. The zero-order valence-electron chi connectivity index (χ0n) is 15.6. The largest absolute Gasteiger partial charge is 0.454 e. The number of aromatic nitrogens is 2. The second-order valence-electron chi connectivity index (χ2n) is 6.45. The quantitative estimate of drug-likeness (QED) is 0.322. The van der Waals surface area contributed by atoms with Crippen molar-refractivity contribution in [3.63, 3.8) is 0 Å². The molecule has 2 aromatic carbocycles. The van der Waals surface area contributed by atoms with Gasteiger partial charge in [0.1, 0.15) is 11.3 Å². The van der Waals surface area contributed by atoms with Crippen molar-refractivity contribution in [3.05, 3.63) is 99.9 Å². The van der Waals surface area contributed by atoms with E-state index < -0.39 is 0 Å². The minimum Gasteiger partial charge on any atom is -0.454 e. The van der Waals surface area contributed by atoms with E-state index in [1.807, 2.05) is 78.2 Å². The van der Waals surface area contributed by atoms with Gasteiger partial charge >= 0.3 is 0 Å². The lowest BCUT2D eigenvalue weighted by Gasteiger charge is -2.00. The van der Waals surface area contributed by atoms with E-state index in [0.29, 0.717) is 9.82 Å². The van der Waals surface area contributed by atoms with Crippen LogP contribution < -0.4 is 4.80 Å². The summed E-state index contributed by atoms with van der Waals surface area (Å²) in [7, 11) is 0. The van der Waals surface area contributed by atoms with Gasteiger partial charge in [0.2, 0.25) is 4.80 Å². The van der Waals surface area contributed by atoms with Gasteiger partial charge in [-0.15, -0.1) is 11.3 Å². The van der Waals surface area contributed by atoms with Crippen molar-refractivity contribution in [1.82, 2.24) is 9.66 Å². The van der Waals surface area contributed by atoms with Crippen molar-refractivity contribution in [3.8, 4) is 11.5 Å². The van der Waals surface area contributed by atoms with Gasteiger partial charge in [-0.2, -0.15) is 5.10 Å². The first-order valence-corrected chi connectivity index (χ1v) is 10.5. The SMILES string of the molecule is Clc1ccc(N=c2scc(-c3cc4ccccc4o3)n2N=Cc2ccccn2)cc1. The summed E-state index contributed by atoms with van der Waals surface area (Å²) in [5.74, 6) is 0.725. The second-order valence-corrected chi connectivity index (χ2v) is 7.72. The molecule has 146 valence electrons. The predicted octanol–water partition coefficient (Wildman–Crippen LogP) is 6.13. The Kier molecular flexibility index (Phi) is 5.01. The fraction of sp³-hybridized carbons (Fsp3) is 0. The number of furan rings is 1. The zero-order valence-corrected chi connectivity index (χ0v) is 17.2. The van der Waals surface area contributed by atoms with Crippen molar-refractivity contribution in [1.29, 1.82) is 0 Å². The molecular formula is C23H15ClN4OS. The van der Waals surface area contributed by atoms with E-state index >= 15 is 0 Å². The number of halogens is 1. The summed E-state index contributed by atoms with van der Waals surface area (Å²) in [5, 5.41) is 8.35. The van der Waals surface area contributed by atoms with E-state index in [1.165, 1.54) is 11.3 Å². The van der Waals surface area contributed by atoms with Crippen LogP contribution in [0.5, 0.6) is 0 Å². The molecule has 30 heavy (non-hydrogen) atoms. The first-order valence-electron chi connectivity index (χ1n) is 9.21. The molecule has 5 nitrogen and oxygen atoms in total. The lowest BCUT2D eigenvalue weighted by molar-refractivity contribution is 0.622. The third-order valence-corrected chi connectivity index (χ3v) is 5.48. The molecular weight excluding hydrogens is 416 g/mol. The van der Waals surface area contributed by atoms with Gasteiger partial charge in [-0.05, 0) is 48.5 Å². The first kappa shape index (κ1) is 18.5. The van der Waals surface area contributed by atoms with Gasteiger partial charge in [0.05, 0.1) is 17.6 Å². The van der Waals surface area contributed by atoms with E-state index in [-0.39, 0.29) is 0 Å². The summed E-state index contributed by atoms with van der Waals surface area (Å²) >= 11 is 7.48. The highest BCUT2D eigenvalue weighted by Gasteiger charge is 2.13. The van der Waals surface area contributed by atoms with Gasteiger partial charge in [-0.1, -0.05) is 35.9 Å². The number of fused-ring (bicyclic) bond motifs is 1. The van der Waals surface area contributed by atoms with Crippen molar-refractivity contribution in [2.45, 2.75) is 0 Å². The Labute approximate surface area is 181 Å². The Balaban J connectivity index is 1.65. The molecule has 0 bridgehead atoms. The van der Waals surface area contributed by atoms with Crippen molar-refractivity contribution in [2.75, 3.05) is 0 Å². The zero-order chi connectivity index (χ0) is 20.3. The number of thiazole rings is 1. The molecule has 5 aromatic rings. The third-order valence-electron chi connectivity index (χ3n) is 4.41. The average Bonchev–Trinajstić information content (AvgIpc) is 3.38. The molecule has 0 aliphatic heterocycles. The topological polar surface area (TPSA) is 55.7 Å². The maximum Gasteiger partial charge on any atom is 0.211 e. The predicted molar refractivity (Wildman–Crippen MR) is 121 cm³/mol. The maximum atomic E-state index is 6.06. The van der Waals surface area contributed by atoms with E-state index in [0.717, 1.165) is 33.8 Å². The molecule has 0 saturated heterocycles. The van der Waals surface area contributed by atoms with Crippen LogP contribution in [0.1, 0.15) is 5.69 Å². The van der Waals surface area contributed by atoms with Crippen LogP contribution in [0.2, 0.25) is 5.02 Å². The Bertz CT molecular complexity index is 1370. The van der Waals surface area contributed by atoms with Crippen molar-refractivity contribution in [2.24, 2.45) is 10.1 Å². The Hall–Kier alpha value is -3.48. The van der Waals surface area contributed by atoms with Crippen LogP contribution in [0.15, 0.2) is 98.9 Å². The van der Waals surface area contributed by atoms with E-state index in [1.54, 1.807) is 17.1 Å². The normalized spacial score (nSPS) is 12.2.